The van der Waals surface area contributed by atoms with Gasteiger partial charge >= 0.3 is 0 Å². The van der Waals surface area contributed by atoms with E-state index in [2.05, 4.69) is 53.8 Å². The molecule has 0 aromatic carbocycles. The van der Waals surface area contributed by atoms with Crippen LogP contribution in [0.3, 0.4) is 0 Å². The number of allylic oxidation sites excluding steroid dienone is 2. The minimum atomic E-state index is 0.341. The van der Waals surface area contributed by atoms with Gasteiger partial charge in [0.25, 0.3) is 0 Å². The molecule has 1 fully saturated rings. The fraction of sp³-hybridized carbons (Fsp3) is 0.882. The van der Waals surface area contributed by atoms with Crippen molar-refractivity contribution < 1.29 is 0 Å². The molecule has 1 rings (SSSR count). The molecule has 18 heavy (non-hydrogen) atoms. The number of rotatable bonds is 4. The average molecular weight is 251 g/mol. The molecule has 0 amide bonds. The van der Waals surface area contributed by atoms with Crippen molar-refractivity contribution in [3.8, 4) is 0 Å². The van der Waals surface area contributed by atoms with Crippen LogP contribution in [0.15, 0.2) is 11.3 Å². The van der Waals surface area contributed by atoms with E-state index in [1.54, 1.807) is 11.3 Å². The lowest BCUT2D eigenvalue weighted by atomic mass is 9.68. The Kier molecular flexibility index (Phi) is 4.91. The van der Waals surface area contributed by atoms with E-state index in [0.717, 1.165) is 6.54 Å². The fourth-order valence-electron chi connectivity index (χ4n) is 2.76. The zero-order valence-corrected chi connectivity index (χ0v) is 13.6. The standard InChI is InChI=1S/C17H33N/c1-8-18-15(13-10-9-11-13)14(17(5,6)7)12-16(2,3)4/h14,18H,8-12H2,1-7H3. The van der Waals surface area contributed by atoms with Gasteiger partial charge in [0.15, 0.2) is 0 Å². The summed E-state index contributed by atoms with van der Waals surface area (Å²) in [6.45, 7) is 17.5. The third kappa shape index (κ3) is 4.33. The van der Waals surface area contributed by atoms with Gasteiger partial charge in [-0.05, 0) is 43.4 Å². The van der Waals surface area contributed by atoms with E-state index >= 15 is 0 Å². The Morgan fingerprint density at radius 1 is 1.11 bits per heavy atom. The Balaban J connectivity index is 3.00. The van der Waals surface area contributed by atoms with Crippen molar-refractivity contribution in [2.24, 2.45) is 16.7 Å². The third-order valence-electron chi connectivity index (χ3n) is 3.92. The minimum Gasteiger partial charge on any atom is -0.388 e. The van der Waals surface area contributed by atoms with Crippen LogP contribution in [0.5, 0.6) is 0 Å². The fourth-order valence-corrected chi connectivity index (χ4v) is 2.76. The summed E-state index contributed by atoms with van der Waals surface area (Å²) in [6.07, 6.45) is 5.29. The average Bonchev–Trinajstić information content (AvgIpc) is 2.07. The van der Waals surface area contributed by atoms with Gasteiger partial charge in [-0.2, -0.15) is 0 Å². The van der Waals surface area contributed by atoms with Crippen LogP contribution in [0.25, 0.3) is 0 Å². The van der Waals surface area contributed by atoms with Gasteiger partial charge in [-0.3, -0.25) is 0 Å². The van der Waals surface area contributed by atoms with Crippen LogP contribution >= 0.6 is 0 Å². The van der Waals surface area contributed by atoms with E-state index in [9.17, 15) is 0 Å². The first kappa shape index (κ1) is 15.6. The van der Waals surface area contributed by atoms with Crippen molar-refractivity contribution in [1.29, 1.82) is 0 Å². The highest BCUT2D eigenvalue weighted by molar-refractivity contribution is 5.22. The Hall–Kier alpha value is -0.460. The third-order valence-corrected chi connectivity index (χ3v) is 3.92. The Morgan fingerprint density at radius 3 is 1.94 bits per heavy atom. The predicted octanol–water partition coefficient (Wildman–Crippen LogP) is 5.13. The summed E-state index contributed by atoms with van der Waals surface area (Å²) in [5.74, 6) is 0.660. The van der Waals surface area contributed by atoms with Gasteiger partial charge in [0.2, 0.25) is 0 Å². The molecule has 0 aromatic heterocycles. The first-order valence-electron chi connectivity index (χ1n) is 7.61. The molecular weight excluding hydrogens is 218 g/mol. The molecule has 1 aliphatic carbocycles. The van der Waals surface area contributed by atoms with E-state index in [1.807, 2.05) is 0 Å². The normalized spacial score (nSPS) is 18.3. The lowest BCUT2D eigenvalue weighted by Crippen LogP contribution is -2.34. The van der Waals surface area contributed by atoms with Gasteiger partial charge in [-0.25, -0.2) is 0 Å². The topological polar surface area (TPSA) is 12.0 Å². The second-order valence-corrected chi connectivity index (χ2v) is 8.08. The first-order chi connectivity index (χ1) is 8.15. The zero-order chi connectivity index (χ0) is 14.0. The Morgan fingerprint density at radius 2 is 1.67 bits per heavy atom. The lowest BCUT2D eigenvalue weighted by Gasteiger charge is -2.40. The maximum Gasteiger partial charge on any atom is 0.0135 e. The molecule has 1 unspecified atom stereocenters. The summed E-state index contributed by atoms with van der Waals surface area (Å²) in [4.78, 5) is 0. The van der Waals surface area contributed by atoms with E-state index in [0.29, 0.717) is 16.7 Å². The van der Waals surface area contributed by atoms with Crippen molar-refractivity contribution in [2.75, 3.05) is 6.54 Å². The second kappa shape index (κ2) is 5.67. The summed E-state index contributed by atoms with van der Waals surface area (Å²) < 4.78 is 0. The molecular formula is C17H33N. The molecule has 1 aliphatic rings. The molecule has 0 aromatic rings. The largest absolute Gasteiger partial charge is 0.388 e. The van der Waals surface area contributed by atoms with Crippen LogP contribution in [-0.2, 0) is 0 Å². The van der Waals surface area contributed by atoms with Crippen molar-refractivity contribution >= 4 is 0 Å². The van der Waals surface area contributed by atoms with Crippen molar-refractivity contribution in [1.82, 2.24) is 5.32 Å². The van der Waals surface area contributed by atoms with Gasteiger partial charge in [-0.1, -0.05) is 47.1 Å². The second-order valence-electron chi connectivity index (χ2n) is 8.08. The van der Waals surface area contributed by atoms with Crippen molar-refractivity contribution in [3.63, 3.8) is 0 Å². The monoisotopic (exact) mass is 251 g/mol. The van der Waals surface area contributed by atoms with Crippen LogP contribution in [0.2, 0.25) is 0 Å². The van der Waals surface area contributed by atoms with Crippen molar-refractivity contribution in [2.45, 2.75) is 74.1 Å². The number of nitrogens with one attached hydrogen (secondary N) is 1. The maximum atomic E-state index is 3.69. The first-order valence-corrected chi connectivity index (χ1v) is 7.61. The molecule has 0 heterocycles. The van der Waals surface area contributed by atoms with Gasteiger partial charge in [0.1, 0.15) is 0 Å². The molecule has 106 valence electrons. The van der Waals surface area contributed by atoms with E-state index in [-0.39, 0.29) is 0 Å². The Bertz CT molecular complexity index is 293. The summed E-state index contributed by atoms with van der Waals surface area (Å²) in [5.41, 5.74) is 4.00. The van der Waals surface area contributed by atoms with E-state index in [1.165, 1.54) is 25.7 Å². The van der Waals surface area contributed by atoms with E-state index < -0.39 is 0 Å². The molecule has 1 nitrogen and oxygen atoms in total. The minimum absolute atomic E-state index is 0.341. The Labute approximate surface area is 114 Å². The zero-order valence-electron chi connectivity index (χ0n) is 13.6. The molecule has 0 bridgehead atoms. The number of hydrogen-bond acceptors (Lipinski definition) is 1. The smallest absolute Gasteiger partial charge is 0.0135 e. The molecule has 1 saturated carbocycles. The highest BCUT2D eigenvalue weighted by atomic mass is 14.9. The van der Waals surface area contributed by atoms with Gasteiger partial charge in [0, 0.05) is 18.2 Å². The highest BCUT2D eigenvalue weighted by Gasteiger charge is 2.34. The van der Waals surface area contributed by atoms with E-state index in [4.69, 9.17) is 0 Å². The van der Waals surface area contributed by atoms with Crippen LogP contribution < -0.4 is 5.32 Å². The maximum absolute atomic E-state index is 3.69. The molecule has 0 aliphatic heterocycles. The van der Waals surface area contributed by atoms with Crippen LogP contribution in [0.4, 0.5) is 0 Å². The predicted molar refractivity (Wildman–Crippen MR) is 81.6 cm³/mol. The summed E-state index contributed by atoms with van der Waals surface area (Å²) in [6, 6.07) is 0. The molecule has 0 saturated heterocycles. The van der Waals surface area contributed by atoms with Gasteiger partial charge in [0.05, 0.1) is 0 Å². The lowest BCUT2D eigenvalue weighted by molar-refractivity contribution is 0.186. The summed E-state index contributed by atoms with van der Waals surface area (Å²) in [7, 11) is 0. The summed E-state index contributed by atoms with van der Waals surface area (Å²) in [5, 5.41) is 3.69. The molecule has 1 atom stereocenters. The van der Waals surface area contributed by atoms with Gasteiger partial charge < -0.3 is 5.32 Å². The van der Waals surface area contributed by atoms with Crippen molar-refractivity contribution in [3.05, 3.63) is 11.3 Å². The summed E-state index contributed by atoms with van der Waals surface area (Å²) >= 11 is 0. The van der Waals surface area contributed by atoms with Gasteiger partial charge in [-0.15, -0.1) is 0 Å². The molecule has 0 radical (unpaired) electrons. The van der Waals surface area contributed by atoms with Crippen LogP contribution in [0.1, 0.15) is 74.1 Å². The SMILES string of the molecule is CCNC(=C1CCC1)C(CC(C)(C)C)C(C)(C)C. The highest BCUT2D eigenvalue weighted by Crippen LogP contribution is 2.43. The number of hydrogen-bond donors (Lipinski definition) is 1. The molecule has 1 heteroatoms. The van der Waals surface area contributed by atoms with Crippen LogP contribution in [-0.4, -0.2) is 6.54 Å². The quantitative estimate of drug-likeness (QED) is 0.730. The molecule has 1 N–H and O–H groups in total. The van der Waals surface area contributed by atoms with Crippen LogP contribution in [0, 0.1) is 16.7 Å². The molecule has 0 spiro atoms.